The fourth-order valence-corrected chi connectivity index (χ4v) is 1.18. The Hall–Kier alpha value is -1.12. The first kappa shape index (κ1) is 11.0. The van der Waals surface area contributed by atoms with Gasteiger partial charge in [0, 0.05) is 6.61 Å². The van der Waals surface area contributed by atoms with Gasteiger partial charge in [-0.1, -0.05) is 42.5 Å². The van der Waals surface area contributed by atoms with Crippen LogP contribution in [0.5, 0.6) is 0 Å². The average Bonchev–Trinajstić information content (AvgIpc) is 2.25. The first-order valence-corrected chi connectivity index (χ1v) is 4.85. The second-order valence-electron chi connectivity index (χ2n) is 3.20. The standard InChI is InChI=1S/C12H16O2/c13-10-4-7-12(14)9-8-11-5-2-1-3-6-11/h1-3,5-6,8-9,12-14H,4,7,10H2/b9-8+/t12-/m1/s1. The van der Waals surface area contributed by atoms with Crippen molar-refractivity contribution in [2.75, 3.05) is 6.61 Å². The topological polar surface area (TPSA) is 40.5 Å². The largest absolute Gasteiger partial charge is 0.396 e. The normalized spacial score (nSPS) is 13.3. The molecule has 0 amide bonds. The van der Waals surface area contributed by atoms with Gasteiger partial charge in [0.1, 0.15) is 0 Å². The van der Waals surface area contributed by atoms with Crippen molar-refractivity contribution in [3.63, 3.8) is 0 Å². The molecule has 1 aromatic rings. The number of hydrogen-bond acceptors (Lipinski definition) is 2. The number of aliphatic hydroxyl groups excluding tert-OH is 2. The van der Waals surface area contributed by atoms with Crippen LogP contribution in [0.1, 0.15) is 18.4 Å². The van der Waals surface area contributed by atoms with Gasteiger partial charge in [0.05, 0.1) is 6.10 Å². The maximum atomic E-state index is 9.44. The minimum Gasteiger partial charge on any atom is -0.396 e. The van der Waals surface area contributed by atoms with Gasteiger partial charge in [-0.05, 0) is 18.4 Å². The molecule has 0 radical (unpaired) electrons. The molecule has 0 fully saturated rings. The van der Waals surface area contributed by atoms with Gasteiger partial charge in [-0.2, -0.15) is 0 Å². The third-order valence-electron chi connectivity index (χ3n) is 1.97. The van der Waals surface area contributed by atoms with Crippen LogP contribution in [-0.4, -0.2) is 22.9 Å². The van der Waals surface area contributed by atoms with Gasteiger partial charge in [-0.3, -0.25) is 0 Å². The van der Waals surface area contributed by atoms with Gasteiger partial charge < -0.3 is 10.2 Å². The van der Waals surface area contributed by atoms with E-state index in [1.54, 1.807) is 6.08 Å². The van der Waals surface area contributed by atoms with E-state index in [9.17, 15) is 5.11 Å². The third-order valence-corrected chi connectivity index (χ3v) is 1.97. The Bertz CT molecular complexity index is 267. The molecule has 2 heteroatoms. The van der Waals surface area contributed by atoms with Crippen molar-refractivity contribution in [2.24, 2.45) is 0 Å². The van der Waals surface area contributed by atoms with Crippen molar-refractivity contribution in [2.45, 2.75) is 18.9 Å². The summed E-state index contributed by atoms with van der Waals surface area (Å²) in [5.74, 6) is 0. The van der Waals surface area contributed by atoms with Gasteiger partial charge >= 0.3 is 0 Å². The molecule has 2 N–H and O–H groups in total. The highest BCUT2D eigenvalue weighted by Crippen LogP contribution is 2.04. The lowest BCUT2D eigenvalue weighted by Crippen LogP contribution is -2.02. The van der Waals surface area contributed by atoms with E-state index in [1.165, 1.54) is 0 Å². The Morgan fingerprint density at radius 3 is 2.57 bits per heavy atom. The van der Waals surface area contributed by atoms with E-state index in [4.69, 9.17) is 5.11 Å². The maximum Gasteiger partial charge on any atom is 0.0725 e. The fourth-order valence-electron chi connectivity index (χ4n) is 1.18. The zero-order valence-electron chi connectivity index (χ0n) is 8.13. The molecule has 1 aromatic carbocycles. The summed E-state index contributed by atoms with van der Waals surface area (Å²) < 4.78 is 0. The predicted octanol–water partition coefficient (Wildman–Crippen LogP) is 1.83. The van der Waals surface area contributed by atoms with Gasteiger partial charge in [0.25, 0.3) is 0 Å². The fraction of sp³-hybridized carbons (Fsp3) is 0.333. The van der Waals surface area contributed by atoms with Crippen LogP contribution in [0.4, 0.5) is 0 Å². The summed E-state index contributed by atoms with van der Waals surface area (Å²) in [6.45, 7) is 0.135. The first-order valence-electron chi connectivity index (χ1n) is 4.85. The van der Waals surface area contributed by atoms with Crippen LogP contribution in [0.15, 0.2) is 36.4 Å². The molecule has 2 nitrogen and oxygen atoms in total. The predicted molar refractivity (Wildman–Crippen MR) is 57.8 cm³/mol. The highest BCUT2D eigenvalue weighted by atomic mass is 16.3. The summed E-state index contributed by atoms with van der Waals surface area (Å²) in [5, 5.41) is 18.0. The Kier molecular flexibility index (Phi) is 4.97. The molecule has 0 aliphatic carbocycles. The van der Waals surface area contributed by atoms with Crippen molar-refractivity contribution >= 4 is 6.08 Å². The van der Waals surface area contributed by atoms with Gasteiger partial charge in [-0.15, -0.1) is 0 Å². The molecular weight excluding hydrogens is 176 g/mol. The van der Waals surface area contributed by atoms with Crippen molar-refractivity contribution in [3.05, 3.63) is 42.0 Å². The molecule has 0 saturated carbocycles. The molecule has 0 aromatic heterocycles. The van der Waals surface area contributed by atoms with Crippen molar-refractivity contribution < 1.29 is 10.2 Å². The van der Waals surface area contributed by atoms with Gasteiger partial charge in [0.15, 0.2) is 0 Å². The molecule has 0 unspecified atom stereocenters. The summed E-state index contributed by atoms with van der Waals surface area (Å²) in [7, 11) is 0. The van der Waals surface area contributed by atoms with E-state index < -0.39 is 6.10 Å². The Balaban J connectivity index is 2.39. The highest BCUT2D eigenvalue weighted by molar-refractivity contribution is 5.49. The van der Waals surface area contributed by atoms with Crippen LogP contribution in [0.25, 0.3) is 6.08 Å². The van der Waals surface area contributed by atoms with Crippen LogP contribution >= 0.6 is 0 Å². The molecule has 0 spiro atoms. The molecule has 0 aliphatic heterocycles. The monoisotopic (exact) mass is 192 g/mol. The SMILES string of the molecule is OCCC[C@@H](O)/C=C/c1ccccc1. The zero-order valence-corrected chi connectivity index (χ0v) is 8.13. The summed E-state index contributed by atoms with van der Waals surface area (Å²) in [6.07, 6.45) is 4.44. The van der Waals surface area contributed by atoms with Crippen molar-refractivity contribution in [1.82, 2.24) is 0 Å². The van der Waals surface area contributed by atoms with E-state index >= 15 is 0 Å². The van der Waals surface area contributed by atoms with Crippen LogP contribution in [-0.2, 0) is 0 Å². The molecule has 76 valence electrons. The molecular formula is C12H16O2. The van der Waals surface area contributed by atoms with E-state index in [2.05, 4.69) is 0 Å². The minimum atomic E-state index is -0.456. The van der Waals surface area contributed by atoms with Gasteiger partial charge in [0.2, 0.25) is 0 Å². The molecule has 14 heavy (non-hydrogen) atoms. The Labute approximate surface area is 84.5 Å². The van der Waals surface area contributed by atoms with E-state index in [0.29, 0.717) is 12.8 Å². The smallest absolute Gasteiger partial charge is 0.0725 e. The number of benzene rings is 1. The number of hydrogen-bond donors (Lipinski definition) is 2. The zero-order chi connectivity index (χ0) is 10.2. The molecule has 0 saturated heterocycles. The van der Waals surface area contributed by atoms with E-state index in [1.807, 2.05) is 36.4 Å². The molecule has 0 bridgehead atoms. The third kappa shape index (κ3) is 4.21. The lowest BCUT2D eigenvalue weighted by atomic mass is 10.1. The number of aliphatic hydroxyl groups is 2. The second kappa shape index (κ2) is 6.35. The van der Waals surface area contributed by atoms with Crippen LogP contribution < -0.4 is 0 Å². The summed E-state index contributed by atoms with van der Waals surface area (Å²) in [6, 6.07) is 9.84. The molecule has 1 rings (SSSR count). The summed E-state index contributed by atoms with van der Waals surface area (Å²) >= 11 is 0. The lowest BCUT2D eigenvalue weighted by molar-refractivity contribution is 0.191. The number of rotatable bonds is 5. The summed E-state index contributed by atoms with van der Waals surface area (Å²) in [4.78, 5) is 0. The van der Waals surface area contributed by atoms with Crippen LogP contribution in [0.2, 0.25) is 0 Å². The lowest BCUT2D eigenvalue weighted by Gasteiger charge is -2.02. The molecule has 0 heterocycles. The minimum absolute atomic E-state index is 0.135. The molecule has 1 atom stereocenters. The van der Waals surface area contributed by atoms with Crippen molar-refractivity contribution in [3.8, 4) is 0 Å². The first-order chi connectivity index (χ1) is 6.83. The van der Waals surface area contributed by atoms with Crippen LogP contribution in [0.3, 0.4) is 0 Å². The van der Waals surface area contributed by atoms with E-state index in [-0.39, 0.29) is 6.61 Å². The highest BCUT2D eigenvalue weighted by Gasteiger charge is 1.96. The average molecular weight is 192 g/mol. The van der Waals surface area contributed by atoms with E-state index in [0.717, 1.165) is 5.56 Å². The quantitative estimate of drug-likeness (QED) is 0.747. The van der Waals surface area contributed by atoms with Crippen molar-refractivity contribution in [1.29, 1.82) is 0 Å². The molecule has 0 aliphatic rings. The second-order valence-corrected chi connectivity index (χ2v) is 3.20. The maximum absolute atomic E-state index is 9.44. The summed E-state index contributed by atoms with van der Waals surface area (Å²) in [5.41, 5.74) is 1.08. The Morgan fingerprint density at radius 1 is 1.21 bits per heavy atom. The Morgan fingerprint density at radius 2 is 1.93 bits per heavy atom. The van der Waals surface area contributed by atoms with Crippen LogP contribution in [0, 0.1) is 0 Å². The van der Waals surface area contributed by atoms with Gasteiger partial charge in [-0.25, -0.2) is 0 Å².